The number of sulfonamides is 1. The second kappa shape index (κ2) is 7.99. The van der Waals surface area contributed by atoms with Crippen molar-refractivity contribution in [2.24, 2.45) is 5.14 Å². The molecule has 0 saturated heterocycles. The third-order valence-electron chi connectivity index (χ3n) is 5.02. The van der Waals surface area contributed by atoms with Crippen molar-refractivity contribution in [3.63, 3.8) is 0 Å². The SMILES string of the molecule is Cc1ncc2nc(C(F)F)n(Cc3c(F)cc(S(N)(=O)=O)cc3F)c2c1-c1ccccc1. The molecule has 2 aromatic carbocycles. The molecule has 2 heterocycles. The molecule has 0 bridgehead atoms. The molecule has 166 valence electrons. The third kappa shape index (κ3) is 3.84. The van der Waals surface area contributed by atoms with Gasteiger partial charge in [-0.05, 0) is 24.6 Å². The lowest BCUT2D eigenvalue weighted by atomic mass is 10.0. The summed E-state index contributed by atoms with van der Waals surface area (Å²) in [4.78, 5) is 7.41. The summed E-state index contributed by atoms with van der Waals surface area (Å²) in [6.45, 7) is 1.03. The fraction of sp³-hybridized carbons (Fsp3) is 0.143. The third-order valence-corrected chi connectivity index (χ3v) is 5.91. The van der Waals surface area contributed by atoms with E-state index in [1.807, 2.05) is 0 Å². The Morgan fingerprint density at radius 1 is 1.09 bits per heavy atom. The number of primary sulfonamides is 1. The van der Waals surface area contributed by atoms with E-state index in [1.54, 1.807) is 37.3 Å². The highest BCUT2D eigenvalue weighted by Crippen LogP contribution is 2.34. The second-order valence-corrected chi connectivity index (χ2v) is 8.65. The summed E-state index contributed by atoms with van der Waals surface area (Å²) in [7, 11) is -4.36. The predicted molar refractivity (Wildman–Crippen MR) is 109 cm³/mol. The molecule has 2 aromatic heterocycles. The zero-order valence-electron chi connectivity index (χ0n) is 16.6. The van der Waals surface area contributed by atoms with Gasteiger partial charge in [0, 0.05) is 16.8 Å². The van der Waals surface area contributed by atoms with Crippen molar-refractivity contribution in [3.8, 4) is 11.1 Å². The van der Waals surface area contributed by atoms with E-state index in [-0.39, 0.29) is 11.0 Å². The van der Waals surface area contributed by atoms with Crippen LogP contribution in [0.5, 0.6) is 0 Å². The van der Waals surface area contributed by atoms with Crippen LogP contribution in [-0.2, 0) is 16.6 Å². The number of nitrogens with zero attached hydrogens (tertiary/aromatic N) is 3. The van der Waals surface area contributed by atoms with Gasteiger partial charge in [-0.2, -0.15) is 0 Å². The molecule has 0 amide bonds. The normalized spacial score (nSPS) is 12.1. The van der Waals surface area contributed by atoms with Crippen molar-refractivity contribution in [1.29, 1.82) is 0 Å². The van der Waals surface area contributed by atoms with Gasteiger partial charge < -0.3 is 4.57 Å². The average Bonchev–Trinajstić information content (AvgIpc) is 3.09. The number of pyridine rings is 1. The topological polar surface area (TPSA) is 90.9 Å². The first-order valence-electron chi connectivity index (χ1n) is 9.28. The Hall–Kier alpha value is -3.31. The predicted octanol–water partition coefficient (Wildman–Crippen LogP) is 4.32. The maximum absolute atomic E-state index is 14.7. The zero-order chi connectivity index (χ0) is 23.2. The first-order valence-corrected chi connectivity index (χ1v) is 10.8. The largest absolute Gasteiger partial charge is 0.318 e. The van der Waals surface area contributed by atoms with E-state index in [4.69, 9.17) is 5.14 Å². The molecule has 0 aliphatic heterocycles. The molecule has 0 spiro atoms. The fourth-order valence-corrected chi connectivity index (χ4v) is 4.10. The molecule has 11 heteroatoms. The lowest BCUT2D eigenvalue weighted by Crippen LogP contribution is -2.15. The number of hydrogen-bond donors (Lipinski definition) is 1. The van der Waals surface area contributed by atoms with Crippen LogP contribution in [0.4, 0.5) is 17.6 Å². The quantitative estimate of drug-likeness (QED) is 0.446. The van der Waals surface area contributed by atoms with E-state index >= 15 is 0 Å². The summed E-state index contributed by atoms with van der Waals surface area (Å²) < 4.78 is 80.9. The summed E-state index contributed by atoms with van der Waals surface area (Å²) >= 11 is 0. The summed E-state index contributed by atoms with van der Waals surface area (Å²) in [5.41, 5.74) is 1.42. The molecule has 0 aliphatic rings. The summed E-state index contributed by atoms with van der Waals surface area (Å²) in [5.74, 6) is -3.16. The number of aromatic nitrogens is 3. The minimum absolute atomic E-state index is 0.131. The van der Waals surface area contributed by atoms with E-state index in [0.717, 1.165) is 4.57 Å². The van der Waals surface area contributed by atoms with Crippen LogP contribution in [-0.4, -0.2) is 23.0 Å². The number of rotatable bonds is 5. The number of aryl methyl sites for hydroxylation is 1. The van der Waals surface area contributed by atoms with Gasteiger partial charge in [0.1, 0.15) is 17.2 Å². The average molecular weight is 464 g/mol. The Labute approximate surface area is 180 Å². The van der Waals surface area contributed by atoms with E-state index < -0.39 is 50.9 Å². The Morgan fingerprint density at radius 3 is 2.28 bits per heavy atom. The van der Waals surface area contributed by atoms with E-state index in [0.29, 0.717) is 29.0 Å². The Morgan fingerprint density at radius 2 is 1.72 bits per heavy atom. The molecule has 4 rings (SSSR count). The summed E-state index contributed by atoms with van der Waals surface area (Å²) in [5, 5.41) is 4.94. The number of hydrogen-bond acceptors (Lipinski definition) is 4. The lowest BCUT2D eigenvalue weighted by molar-refractivity contribution is 0.136. The van der Waals surface area contributed by atoms with Gasteiger partial charge in [-0.1, -0.05) is 30.3 Å². The fourth-order valence-electron chi connectivity index (χ4n) is 3.57. The van der Waals surface area contributed by atoms with Crippen LogP contribution < -0.4 is 5.14 Å². The molecular weight excluding hydrogens is 448 g/mol. The van der Waals surface area contributed by atoms with Crippen molar-refractivity contribution in [2.75, 3.05) is 0 Å². The van der Waals surface area contributed by atoms with Crippen molar-refractivity contribution in [3.05, 3.63) is 77.4 Å². The van der Waals surface area contributed by atoms with Crippen LogP contribution in [0, 0.1) is 18.6 Å². The van der Waals surface area contributed by atoms with Gasteiger partial charge in [0.05, 0.1) is 23.2 Å². The molecule has 0 atom stereocenters. The van der Waals surface area contributed by atoms with Crippen molar-refractivity contribution in [1.82, 2.24) is 14.5 Å². The van der Waals surface area contributed by atoms with Crippen LogP contribution in [0.25, 0.3) is 22.2 Å². The minimum Gasteiger partial charge on any atom is -0.318 e. The molecule has 0 saturated carbocycles. The van der Waals surface area contributed by atoms with Gasteiger partial charge in [0.25, 0.3) is 6.43 Å². The number of alkyl halides is 2. The molecular formula is C21H16F4N4O2S. The van der Waals surface area contributed by atoms with Gasteiger partial charge in [-0.3, -0.25) is 4.98 Å². The molecule has 0 fully saturated rings. The van der Waals surface area contributed by atoms with Gasteiger partial charge in [0.15, 0.2) is 5.82 Å². The van der Waals surface area contributed by atoms with Gasteiger partial charge in [-0.25, -0.2) is 36.1 Å². The van der Waals surface area contributed by atoms with E-state index in [2.05, 4.69) is 9.97 Å². The number of fused-ring (bicyclic) bond motifs is 1. The van der Waals surface area contributed by atoms with Crippen molar-refractivity contribution < 1.29 is 26.0 Å². The van der Waals surface area contributed by atoms with E-state index in [9.17, 15) is 26.0 Å². The van der Waals surface area contributed by atoms with Gasteiger partial charge >= 0.3 is 0 Å². The Balaban J connectivity index is 1.99. The van der Waals surface area contributed by atoms with Crippen LogP contribution >= 0.6 is 0 Å². The van der Waals surface area contributed by atoms with Gasteiger partial charge in [-0.15, -0.1) is 0 Å². The zero-order valence-corrected chi connectivity index (χ0v) is 17.4. The van der Waals surface area contributed by atoms with Crippen molar-refractivity contribution >= 4 is 21.1 Å². The molecule has 6 nitrogen and oxygen atoms in total. The molecule has 4 aromatic rings. The number of imidazole rings is 1. The lowest BCUT2D eigenvalue weighted by Gasteiger charge is -2.15. The van der Waals surface area contributed by atoms with Gasteiger partial charge in [0.2, 0.25) is 10.0 Å². The minimum atomic E-state index is -4.36. The maximum Gasteiger partial charge on any atom is 0.295 e. The second-order valence-electron chi connectivity index (χ2n) is 7.09. The summed E-state index contributed by atoms with van der Waals surface area (Å²) in [6.07, 6.45) is -1.72. The first-order chi connectivity index (χ1) is 15.1. The summed E-state index contributed by atoms with van der Waals surface area (Å²) in [6, 6.07) is 9.92. The van der Waals surface area contributed by atoms with Crippen LogP contribution in [0.2, 0.25) is 0 Å². The standard InChI is InChI=1S/C21H16F4N4O2S/c1-11-18(12-5-3-2-4-6-12)19-17(9-27-11)28-21(20(24)25)29(19)10-14-15(22)7-13(8-16(14)23)32(26,30)31/h2-9,20H,10H2,1H3,(H2,26,30,31). The van der Waals surface area contributed by atoms with Crippen LogP contribution in [0.15, 0.2) is 53.6 Å². The first kappa shape index (κ1) is 21.9. The Bertz CT molecular complexity index is 1410. The number of benzene rings is 2. The highest BCUT2D eigenvalue weighted by Gasteiger charge is 2.25. The smallest absolute Gasteiger partial charge is 0.295 e. The monoisotopic (exact) mass is 464 g/mol. The molecule has 0 unspecified atom stereocenters. The van der Waals surface area contributed by atoms with E-state index in [1.165, 1.54) is 6.20 Å². The maximum atomic E-state index is 14.7. The Kier molecular flexibility index (Phi) is 5.47. The molecule has 32 heavy (non-hydrogen) atoms. The molecule has 2 N–H and O–H groups in total. The highest BCUT2D eigenvalue weighted by molar-refractivity contribution is 7.89. The molecule has 0 aliphatic carbocycles. The van der Waals surface area contributed by atoms with Crippen LogP contribution in [0.3, 0.4) is 0 Å². The number of nitrogens with two attached hydrogens (primary N) is 1. The molecule has 0 radical (unpaired) electrons. The van der Waals surface area contributed by atoms with Crippen LogP contribution in [0.1, 0.15) is 23.5 Å². The van der Waals surface area contributed by atoms with Crippen molar-refractivity contribution in [2.45, 2.75) is 24.8 Å². The highest BCUT2D eigenvalue weighted by atomic mass is 32.2. The number of halogens is 4.